The molecule has 17 heavy (non-hydrogen) atoms. The molecule has 2 aromatic rings. The zero-order chi connectivity index (χ0) is 12.3. The van der Waals surface area contributed by atoms with Crippen molar-refractivity contribution in [2.45, 2.75) is 33.2 Å². The van der Waals surface area contributed by atoms with E-state index in [4.69, 9.17) is 0 Å². The van der Waals surface area contributed by atoms with Gasteiger partial charge in [-0.2, -0.15) is 4.52 Å². The van der Waals surface area contributed by atoms with Gasteiger partial charge in [-0.05, 0) is 25.5 Å². The quantitative estimate of drug-likeness (QED) is 0.789. The highest BCUT2D eigenvalue weighted by Gasteiger charge is 2.06. The Morgan fingerprint density at radius 2 is 2.12 bits per heavy atom. The van der Waals surface area contributed by atoms with Gasteiger partial charge in [0.1, 0.15) is 5.82 Å². The van der Waals surface area contributed by atoms with Crippen molar-refractivity contribution in [2.75, 3.05) is 11.9 Å². The predicted molar refractivity (Wildman–Crippen MR) is 66.3 cm³/mol. The molecule has 0 radical (unpaired) electrons. The van der Waals surface area contributed by atoms with Gasteiger partial charge in [0, 0.05) is 13.1 Å². The number of hydrogen-bond donors (Lipinski definition) is 1. The van der Waals surface area contributed by atoms with Gasteiger partial charge in [-0.25, -0.2) is 9.48 Å². The zero-order valence-electron chi connectivity index (χ0n) is 10.2. The number of nitrogens with zero attached hydrogens (tertiary/aromatic N) is 4. The van der Waals surface area contributed by atoms with E-state index in [2.05, 4.69) is 22.4 Å². The highest BCUT2D eigenvalue weighted by molar-refractivity contribution is 5.43. The van der Waals surface area contributed by atoms with Crippen LogP contribution in [0.25, 0.3) is 5.65 Å². The van der Waals surface area contributed by atoms with Crippen molar-refractivity contribution in [1.29, 1.82) is 0 Å². The molecule has 0 saturated carbocycles. The Morgan fingerprint density at radius 1 is 1.29 bits per heavy atom. The van der Waals surface area contributed by atoms with Crippen molar-refractivity contribution in [3.63, 3.8) is 0 Å². The lowest BCUT2D eigenvalue weighted by Crippen LogP contribution is -2.22. The molecule has 0 atom stereocenters. The van der Waals surface area contributed by atoms with Crippen LogP contribution in [-0.2, 0) is 6.54 Å². The fourth-order valence-electron chi connectivity index (χ4n) is 1.60. The summed E-state index contributed by atoms with van der Waals surface area (Å²) in [7, 11) is 0. The molecule has 2 aromatic heterocycles. The molecule has 6 heteroatoms. The molecule has 2 rings (SSSR count). The van der Waals surface area contributed by atoms with Crippen LogP contribution in [-0.4, -0.2) is 25.9 Å². The summed E-state index contributed by atoms with van der Waals surface area (Å²) < 4.78 is 2.73. The van der Waals surface area contributed by atoms with Crippen molar-refractivity contribution in [2.24, 2.45) is 0 Å². The molecule has 0 aliphatic rings. The van der Waals surface area contributed by atoms with E-state index in [9.17, 15) is 4.79 Å². The minimum atomic E-state index is -0.193. The van der Waals surface area contributed by atoms with Gasteiger partial charge in [-0.1, -0.05) is 13.3 Å². The summed E-state index contributed by atoms with van der Waals surface area (Å²) in [6, 6.07) is 3.65. The second-order valence-electron chi connectivity index (χ2n) is 3.87. The second-order valence-corrected chi connectivity index (χ2v) is 3.87. The van der Waals surface area contributed by atoms with Crippen LogP contribution in [0.3, 0.4) is 0 Å². The summed E-state index contributed by atoms with van der Waals surface area (Å²) in [4.78, 5) is 11.8. The summed E-state index contributed by atoms with van der Waals surface area (Å²) in [5, 5.41) is 11.6. The number of aryl methyl sites for hydroxylation is 1. The van der Waals surface area contributed by atoms with Crippen LogP contribution in [0, 0.1) is 0 Å². The monoisotopic (exact) mass is 235 g/mol. The Morgan fingerprint density at radius 3 is 2.82 bits per heavy atom. The molecule has 0 amide bonds. The van der Waals surface area contributed by atoms with Crippen molar-refractivity contribution in [3.8, 4) is 0 Å². The van der Waals surface area contributed by atoms with E-state index < -0.39 is 0 Å². The van der Waals surface area contributed by atoms with Crippen LogP contribution in [0.4, 0.5) is 5.82 Å². The number of unbranched alkanes of at least 4 members (excludes halogenated alkanes) is 1. The summed E-state index contributed by atoms with van der Waals surface area (Å²) in [6.45, 7) is 5.44. The molecule has 0 bridgehead atoms. The Hall–Kier alpha value is -1.85. The lowest BCUT2D eigenvalue weighted by Gasteiger charge is -2.03. The number of fused-ring (bicyclic) bond motifs is 1. The van der Waals surface area contributed by atoms with E-state index in [1.807, 2.05) is 13.0 Å². The minimum Gasteiger partial charge on any atom is -0.369 e. The maximum atomic E-state index is 11.8. The zero-order valence-corrected chi connectivity index (χ0v) is 10.2. The molecule has 0 fully saturated rings. The van der Waals surface area contributed by atoms with E-state index >= 15 is 0 Å². The molecule has 0 unspecified atom stereocenters. The van der Waals surface area contributed by atoms with Gasteiger partial charge in [-0.3, -0.25) is 0 Å². The average Bonchev–Trinajstić information content (AvgIpc) is 2.67. The molecule has 0 aromatic carbocycles. The summed E-state index contributed by atoms with van der Waals surface area (Å²) in [6.07, 6.45) is 2.21. The SMILES string of the molecule is CCCCNc1ccc2nn(CC)c(=O)n2n1. The molecule has 1 N–H and O–H groups in total. The van der Waals surface area contributed by atoms with Crippen LogP contribution >= 0.6 is 0 Å². The van der Waals surface area contributed by atoms with Crippen LogP contribution in [0.15, 0.2) is 16.9 Å². The number of nitrogens with one attached hydrogen (secondary N) is 1. The Balaban J connectivity index is 2.30. The van der Waals surface area contributed by atoms with Crippen molar-refractivity contribution < 1.29 is 0 Å². The lowest BCUT2D eigenvalue weighted by molar-refractivity contribution is 0.627. The van der Waals surface area contributed by atoms with Crippen LogP contribution in [0.2, 0.25) is 0 Å². The smallest absolute Gasteiger partial charge is 0.367 e. The van der Waals surface area contributed by atoms with Gasteiger partial charge in [0.05, 0.1) is 0 Å². The van der Waals surface area contributed by atoms with Gasteiger partial charge in [0.15, 0.2) is 5.65 Å². The molecule has 0 saturated heterocycles. The standard InChI is InChI=1S/C11H17N5O/c1-3-5-8-12-9-6-7-10-14-15(4-2)11(17)16(10)13-9/h6-7H,3-5,8H2,1-2H3,(H,12,13). The van der Waals surface area contributed by atoms with E-state index in [0.29, 0.717) is 18.0 Å². The highest BCUT2D eigenvalue weighted by atomic mass is 16.2. The summed E-state index contributed by atoms with van der Waals surface area (Å²) in [5.41, 5.74) is 0.388. The Labute approximate surface area is 99.3 Å². The van der Waals surface area contributed by atoms with Gasteiger partial charge in [0.2, 0.25) is 0 Å². The molecule has 92 valence electrons. The van der Waals surface area contributed by atoms with Crippen LogP contribution in [0.5, 0.6) is 0 Å². The molecular formula is C11H17N5O. The van der Waals surface area contributed by atoms with Crippen molar-refractivity contribution >= 4 is 11.5 Å². The Bertz CT molecular complexity index is 556. The topological polar surface area (TPSA) is 64.2 Å². The molecule has 0 aliphatic heterocycles. The number of rotatable bonds is 5. The van der Waals surface area contributed by atoms with Crippen molar-refractivity contribution in [1.82, 2.24) is 19.4 Å². The van der Waals surface area contributed by atoms with Crippen LogP contribution < -0.4 is 11.0 Å². The molecule has 6 nitrogen and oxygen atoms in total. The van der Waals surface area contributed by atoms with Gasteiger partial charge in [0.25, 0.3) is 0 Å². The first-order valence-corrected chi connectivity index (χ1v) is 5.97. The average molecular weight is 235 g/mol. The normalized spacial score (nSPS) is 10.9. The largest absolute Gasteiger partial charge is 0.369 e. The predicted octanol–water partition coefficient (Wildman–Crippen LogP) is 1.12. The fourth-order valence-corrected chi connectivity index (χ4v) is 1.60. The van der Waals surface area contributed by atoms with E-state index in [1.165, 1.54) is 9.20 Å². The third-order valence-corrected chi connectivity index (χ3v) is 2.58. The van der Waals surface area contributed by atoms with E-state index in [1.54, 1.807) is 6.07 Å². The first-order valence-electron chi connectivity index (χ1n) is 5.97. The number of aromatic nitrogens is 4. The van der Waals surface area contributed by atoms with Crippen LogP contribution in [0.1, 0.15) is 26.7 Å². The highest BCUT2D eigenvalue weighted by Crippen LogP contribution is 2.03. The number of hydrogen-bond acceptors (Lipinski definition) is 4. The maximum absolute atomic E-state index is 11.8. The Kier molecular flexibility index (Phi) is 3.41. The van der Waals surface area contributed by atoms with E-state index in [-0.39, 0.29) is 5.69 Å². The summed E-state index contributed by atoms with van der Waals surface area (Å²) >= 11 is 0. The molecular weight excluding hydrogens is 218 g/mol. The third-order valence-electron chi connectivity index (χ3n) is 2.58. The number of anilines is 1. The van der Waals surface area contributed by atoms with Gasteiger partial charge in [-0.15, -0.1) is 10.2 Å². The first kappa shape index (κ1) is 11.6. The second kappa shape index (κ2) is 4.99. The maximum Gasteiger partial charge on any atom is 0.367 e. The van der Waals surface area contributed by atoms with Gasteiger partial charge < -0.3 is 5.32 Å². The fraction of sp³-hybridized carbons (Fsp3) is 0.545. The molecule has 2 heterocycles. The molecule has 0 aliphatic carbocycles. The minimum absolute atomic E-state index is 0.193. The lowest BCUT2D eigenvalue weighted by atomic mass is 10.3. The molecule has 0 spiro atoms. The van der Waals surface area contributed by atoms with Crippen molar-refractivity contribution in [3.05, 3.63) is 22.6 Å². The first-order chi connectivity index (χ1) is 8.26. The van der Waals surface area contributed by atoms with E-state index in [0.717, 1.165) is 19.4 Å². The van der Waals surface area contributed by atoms with Gasteiger partial charge >= 0.3 is 5.69 Å². The summed E-state index contributed by atoms with van der Waals surface area (Å²) in [5.74, 6) is 0.712. The third kappa shape index (κ3) is 2.30.